The number of rotatable bonds is 4. The van der Waals surface area contributed by atoms with E-state index < -0.39 is 0 Å². The minimum Gasteiger partial charge on any atom is -0.442 e. The largest absolute Gasteiger partial charge is 0.442 e. The summed E-state index contributed by atoms with van der Waals surface area (Å²) in [5.41, 5.74) is 2.73. The number of pyridine rings is 1. The monoisotopic (exact) mass is 366 g/mol. The first-order valence-electron chi connectivity index (χ1n) is 9.10. The van der Waals surface area contributed by atoms with Crippen LogP contribution in [0.1, 0.15) is 11.3 Å². The highest BCUT2D eigenvalue weighted by Crippen LogP contribution is 2.27. The Kier molecular flexibility index (Phi) is 4.66. The zero-order valence-corrected chi connectivity index (χ0v) is 15.2. The lowest BCUT2D eigenvalue weighted by Crippen LogP contribution is -2.41. The van der Waals surface area contributed by atoms with Crippen molar-refractivity contribution in [2.75, 3.05) is 25.0 Å². The van der Waals surface area contributed by atoms with Crippen LogP contribution in [0.25, 0.3) is 0 Å². The van der Waals surface area contributed by atoms with Gasteiger partial charge < -0.3 is 15.0 Å². The van der Waals surface area contributed by atoms with E-state index in [4.69, 9.17) is 4.74 Å². The van der Waals surface area contributed by atoms with Crippen molar-refractivity contribution in [3.63, 3.8) is 0 Å². The lowest BCUT2D eigenvalue weighted by atomic mass is 10.2. The van der Waals surface area contributed by atoms with Crippen molar-refractivity contribution >= 4 is 17.8 Å². The van der Waals surface area contributed by atoms with Gasteiger partial charge in [-0.25, -0.2) is 9.59 Å². The second-order valence-electron chi connectivity index (χ2n) is 6.90. The van der Waals surface area contributed by atoms with Crippen LogP contribution in [0.15, 0.2) is 48.7 Å². The van der Waals surface area contributed by atoms with Gasteiger partial charge in [-0.2, -0.15) is 0 Å². The maximum absolute atomic E-state index is 12.6. The maximum Gasteiger partial charge on any atom is 0.410 e. The van der Waals surface area contributed by atoms with Gasteiger partial charge in [0.1, 0.15) is 6.10 Å². The van der Waals surface area contributed by atoms with Crippen LogP contribution in [-0.2, 0) is 11.2 Å². The summed E-state index contributed by atoms with van der Waals surface area (Å²) in [6.45, 7) is 3.37. The third-order valence-corrected chi connectivity index (χ3v) is 5.13. The minimum atomic E-state index is -0.306. The van der Waals surface area contributed by atoms with Crippen molar-refractivity contribution in [1.82, 2.24) is 14.8 Å². The van der Waals surface area contributed by atoms with Crippen LogP contribution in [-0.4, -0.2) is 58.7 Å². The van der Waals surface area contributed by atoms with Gasteiger partial charge in [0, 0.05) is 37.1 Å². The van der Waals surface area contributed by atoms with Crippen LogP contribution in [0.2, 0.25) is 0 Å². The van der Waals surface area contributed by atoms with Crippen LogP contribution in [0.3, 0.4) is 0 Å². The van der Waals surface area contributed by atoms with Gasteiger partial charge in [-0.3, -0.25) is 9.88 Å². The van der Waals surface area contributed by atoms with E-state index in [9.17, 15) is 9.59 Å². The van der Waals surface area contributed by atoms with Crippen LogP contribution in [0.4, 0.5) is 15.3 Å². The van der Waals surface area contributed by atoms with Crippen molar-refractivity contribution in [3.8, 4) is 0 Å². The molecular formula is C20H22N4O3. The van der Waals surface area contributed by atoms with Crippen LogP contribution in [0, 0.1) is 6.92 Å². The fourth-order valence-electron chi connectivity index (χ4n) is 3.62. The molecule has 0 radical (unpaired) electrons. The number of hydrogen-bond donors (Lipinski definition) is 1. The molecular weight excluding hydrogens is 344 g/mol. The molecule has 3 amide bonds. The number of ether oxygens (including phenoxy) is 1. The number of aromatic nitrogens is 1. The Balaban J connectivity index is 1.38. The van der Waals surface area contributed by atoms with E-state index in [0.717, 1.165) is 16.9 Å². The summed E-state index contributed by atoms with van der Waals surface area (Å²) in [7, 11) is 0. The smallest absolute Gasteiger partial charge is 0.410 e. The van der Waals surface area contributed by atoms with E-state index in [0.29, 0.717) is 26.1 Å². The SMILES string of the molecule is Cc1ccccc1NC(=O)N1C[C@H]2OC(=O)N(CCc3ccccn3)[C@H]2C1. The first-order chi connectivity index (χ1) is 13.1. The van der Waals surface area contributed by atoms with Crippen LogP contribution < -0.4 is 5.32 Å². The molecule has 2 atom stereocenters. The Labute approximate surface area is 157 Å². The Morgan fingerprint density at radius 1 is 1.22 bits per heavy atom. The normalized spacial score (nSPS) is 21.1. The van der Waals surface area contributed by atoms with E-state index in [1.165, 1.54) is 0 Å². The minimum absolute atomic E-state index is 0.108. The molecule has 1 aromatic heterocycles. The highest BCUT2D eigenvalue weighted by atomic mass is 16.6. The number of nitrogens with zero attached hydrogens (tertiary/aromatic N) is 3. The molecule has 0 unspecified atom stereocenters. The summed E-state index contributed by atoms with van der Waals surface area (Å²) >= 11 is 0. The summed E-state index contributed by atoms with van der Waals surface area (Å²) in [6, 6.07) is 13.1. The number of carbonyl (C=O) groups is 2. The molecule has 4 rings (SSSR count). The molecule has 3 heterocycles. The molecule has 2 aromatic rings. The summed E-state index contributed by atoms with van der Waals surface area (Å²) in [4.78, 5) is 32.5. The van der Waals surface area contributed by atoms with E-state index in [1.54, 1.807) is 16.0 Å². The number of aryl methyl sites for hydroxylation is 1. The lowest BCUT2D eigenvalue weighted by molar-refractivity contribution is 0.124. The molecule has 2 saturated heterocycles. The fraction of sp³-hybridized carbons (Fsp3) is 0.350. The van der Waals surface area contributed by atoms with Gasteiger partial charge in [0.25, 0.3) is 0 Å². The lowest BCUT2D eigenvalue weighted by Gasteiger charge is -2.23. The molecule has 7 heteroatoms. The molecule has 7 nitrogen and oxygen atoms in total. The molecule has 1 aromatic carbocycles. The summed E-state index contributed by atoms with van der Waals surface area (Å²) in [5, 5.41) is 2.94. The second kappa shape index (κ2) is 7.26. The molecule has 140 valence electrons. The van der Waals surface area contributed by atoms with Crippen molar-refractivity contribution in [2.45, 2.75) is 25.5 Å². The van der Waals surface area contributed by atoms with E-state index in [-0.39, 0.29) is 24.3 Å². The van der Waals surface area contributed by atoms with Gasteiger partial charge in [-0.15, -0.1) is 0 Å². The number of fused-ring (bicyclic) bond motifs is 1. The molecule has 0 saturated carbocycles. The Hall–Kier alpha value is -3.09. The molecule has 0 aliphatic carbocycles. The quantitative estimate of drug-likeness (QED) is 0.903. The van der Waals surface area contributed by atoms with Gasteiger partial charge in [0.05, 0.1) is 12.6 Å². The van der Waals surface area contributed by atoms with E-state index >= 15 is 0 Å². The number of hydrogen-bond acceptors (Lipinski definition) is 4. The molecule has 2 aliphatic heterocycles. The standard InChI is InChI=1S/C20H22N4O3/c1-14-6-2-3-8-16(14)22-19(25)23-12-17-18(13-23)27-20(26)24(17)11-9-15-7-4-5-10-21-15/h2-8,10,17-18H,9,11-13H2,1H3,(H,22,25)/t17-,18+/m0/s1. The van der Waals surface area contributed by atoms with Crippen molar-refractivity contribution in [2.24, 2.45) is 0 Å². The first kappa shape index (κ1) is 17.3. The fourth-order valence-corrected chi connectivity index (χ4v) is 3.62. The number of nitrogens with one attached hydrogen (secondary N) is 1. The highest BCUT2D eigenvalue weighted by molar-refractivity contribution is 5.90. The second-order valence-corrected chi connectivity index (χ2v) is 6.90. The zero-order chi connectivity index (χ0) is 18.8. The summed E-state index contributed by atoms with van der Waals surface area (Å²) in [5.74, 6) is 0. The zero-order valence-electron chi connectivity index (χ0n) is 15.2. The Morgan fingerprint density at radius 2 is 2.04 bits per heavy atom. The molecule has 2 fully saturated rings. The van der Waals surface area contributed by atoms with Gasteiger partial charge in [-0.05, 0) is 30.7 Å². The third kappa shape index (κ3) is 3.58. The van der Waals surface area contributed by atoms with Crippen LogP contribution in [0.5, 0.6) is 0 Å². The predicted molar refractivity (Wildman–Crippen MR) is 100 cm³/mol. The number of anilines is 1. The number of para-hydroxylation sites is 1. The van der Waals surface area contributed by atoms with Crippen LogP contribution >= 0.6 is 0 Å². The number of likely N-dealkylation sites (tertiary alicyclic amines) is 1. The van der Waals surface area contributed by atoms with E-state index in [1.807, 2.05) is 49.4 Å². The number of benzene rings is 1. The number of carbonyl (C=O) groups excluding carboxylic acids is 2. The topological polar surface area (TPSA) is 74.8 Å². The number of amides is 3. The molecule has 27 heavy (non-hydrogen) atoms. The van der Waals surface area contributed by atoms with E-state index in [2.05, 4.69) is 10.3 Å². The summed E-state index contributed by atoms with van der Waals surface area (Å²) < 4.78 is 5.49. The Bertz CT molecular complexity index is 842. The van der Waals surface area contributed by atoms with Crippen molar-refractivity contribution in [1.29, 1.82) is 0 Å². The van der Waals surface area contributed by atoms with Gasteiger partial charge in [0.2, 0.25) is 0 Å². The van der Waals surface area contributed by atoms with Gasteiger partial charge in [0.15, 0.2) is 0 Å². The maximum atomic E-state index is 12.6. The average molecular weight is 366 g/mol. The van der Waals surface area contributed by atoms with Crippen molar-refractivity contribution in [3.05, 3.63) is 59.9 Å². The number of urea groups is 1. The third-order valence-electron chi connectivity index (χ3n) is 5.13. The van der Waals surface area contributed by atoms with Crippen molar-refractivity contribution < 1.29 is 14.3 Å². The molecule has 1 N–H and O–H groups in total. The first-order valence-corrected chi connectivity index (χ1v) is 9.10. The molecule has 0 spiro atoms. The average Bonchev–Trinajstić information content (AvgIpc) is 3.20. The van der Waals surface area contributed by atoms with Gasteiger partial charge >= 0.3 is 12.1 Å². The Morgan fingerprint density at radius 3 is 2.81 bits per heavy atom. The summed E-state index contributed by atoms with van der Waals surface area (Å²) in [6.07, 6.45) is 1.83. The highest BCUT2D eigenvalue weighted by Gasteiger charge is 2.48. The predicted octanol–water partition coefficient (Wildman–Crippen LogP) is 2.67. The molecule has 0 bridgehead atoms. The molecule has 2 aliphatic rings. The van der Waals surface area contributed by atoms with Gasteiger partial charge in [-0.1, -0.05) is 24.3 Å².